The minimum Gasteiger partial charge on any atom is -0.363 e. The molecule has 1 aliphatic heterocycles. The van der Waals surface area contributed by atoms with E-state index in [2.05, 4.69) is 42.3 Å². The van der Waals surface area contributed by atoms with E-state index >= 15 is 0 Å². The summed E-state index contributed by atoms with van der Waals surface area (Å²) in [6.45, 7) is 1.18. The lowest BCUT2D eigenvalue weighted by Crippen LogP contribution is -2.22. The van der Waals surface area contributed by atoms with Gasteiger partial charge in [-0.2, -0.15) is 0 Å². The molecule has 1 aliphatic carbocycles. The number of nitrogens with zero attached hydrogens (tertiary/aromatic N) is 2. The van der Waals surface area contributed by atoms with E-state index in [9.17, 15) is 0 Å². The van der Waals surface area contributed by atoms with Gasteiger partial charge in [-0.1, -0.05) is 36.8 Å². The molecule has 0 spiro atoms. The number of rotatable bonds is 2. The molecular weight excluding hydrogens is 256 g/mol. The van der Waals surface area contributed by atoms with Gasteiger partial charge in [0, 0.05) is 25.9 Å². The molecule has 3 heteroatoms. The zero-order chi connectivity index (χ0) is 12.4. The van der Waals surface area contributed by atoms with Gasteiger partial charge in [0.1, 0.15) is 0 Å². The van der Waals surface area contributed by atoms with Crippen molar-refractivity contribution in [3.8, 4) is 0 Å². The van der Waals surface area contributed by atoms with Gasteiger partial charge in [-0.3, -0.25) is 4.99 Å². The van der Waals surface area contributed by atoms with Crippen LogP contribution in [0.15, 0.2) is 35.3 Å². The average molecular weight is 279 g/mol. The molecule has 104 valence electrons. The van der Waals surface area contributed by atoms with Gasteiger partial charge >= 0.3 is 0 Å². The first-order valence-corrected chi connectivity index (χ1v) is 7.17. The smallest absolute Gasteiger partial charge is 0.0990 e. The fourth-order valence-corrected chi connectivity index (χ4v) is 3.33. The molecule has 0 radical (unpaired) electrons. The summed E-state index contributed by atoms with van der Waals surface area (Å²) >= 11 is 0. The maximum Gasteiger partial charge on any atom is 0.0990 e. The van der Waals surface area contributed by atoms with Crippen molar-refractivity contribution in [2.24, 2.45) is 4.99 Å². The molecule has 0 unspecified atom stereocenters. The Hall–Kier alpha value is -1.02. The van der Waals surface area contributed by atoms with Gasteiger partial charge < -0.3 is 4.90 Å². The molecule has 0 N–H and O–H groups in total. The Morgan fingerprint density at radius 3 is 2.58 bits per heavy atom. The molecule has 1 heterocycles. The van der Waals surface area contributed by atoms with E-state index in [1.165, 1.54) is 50.0 Å². The van der Waals surface area contributed by atoms with Crippen molar-refractivity contribution < 1.29 is 0 Å². The topological polar surface area (TPSA) is 15.6 Å². The van der Waals surface area contributed by atoms with E-state index in [1.54, 1.807) is 0 Å². The highest BCUT2D eigenvalue weighted by molar-refractivity contribution is 5.85. The van der Waals surface area contributed by atoms with Crippen LogP contribution in [0.25, 0.3) is 0 Å². The second-order valence-corrected chi connectivity index (χ2v) is 5.59. The van der Waals surface area contributed by atoms with E-state index in [1.807, 2.05) is 0 Å². The van der Waals surface area contributed by atoms with Crippen LogP contribution in [0, 0.1) is 0 Å². The highest BCUT2D eigenvalue weighted by atomic mass is 35.5. The molecule has 0 amide bonds. The second kappa shape index (κ2) is 6.42. The van der Waals surface area contributed by atoms with Crippen LogP contribution in [0.3, 0.4) is 0 Å². The Kier molecular flexibility index (Phi) is 4.87. The van der Waals surface area contributed by atoms with E-state index in [0.717, 1.165) is 0 Å². The zero-order valence-electron chi connectivity index (χ0n) is 11.6. The molecule has 2 aliphatic rings. The lowest BCUT2D eigenvalue weighted by molar-refractivity contribution is 0.534. The van der Waals surface area contributed by atoms with E-state index in [-0.39, 0.29) is 12.4 Å². The number of halogens is 1. The molecule has 2 atom stereocenters. The summed E-state index contributed by atoms with van der Waals surface area (Å²) in [5.41, 5.74) is 1.48. The molecule has 3 rings (SSSR count). The first-order chi connectivity index (χ1) is 8.84. The quantitative estimate of drug-likeness (QED) is 0.802. The van der Waals surface area contributed by atoms with Crippen LogP contribution in [-0.4, -0.2) is 30.4 Å². The molecule has 1 aromatic rings. The number of benzene rings is 1. The van der Waals surface area contributed by atoms with Crippen molar-refractivity contribution in [1.82, 2.24) is 4.90 Å². The van der Waals surface area contributed by atoms with Crippen LogP contribution < -0.4 is 0 Å². The van der Waals surface area contributed by atoms with Gasteiger partial charge in [0.05, 0.1) is 11.9 Å². The Morgan fingerprint density at radius 1 is 1.11 bits per heavy atom. The Labute approximate surface area is 122 Å². The fraction of sp³-hybridized carbons (Fsp3) is 0.562. The number of likely N-dealkylation sites (tertiary alicyclic amines) is 1. The standard InChI is InChI=1S/C16H22N2.ClH/c1-18-12-6-11-16(18)17-15-10-5-9-14(15)13-7-3-2-4-8-13;/h2-4,7-8,14-15H,5-6,9-12H2,1H3;1H/t14-,15-;/m0./s1. The summed E-state index contributed by atoms with van der Waals surface area (Å²) in [5, 5.41) is 0. The first-order valence-electron chi connectivity index (χ1n) is 7.17. The van der Waals surface area contributed by atoms with E-state index in [0.29, 0.717) is 12.0 Å². The van der Waals surface area contributed by atoms with Gasteiger partial charge in [-0.25, -0.2) is 0 Å². The van der Waals surface area contributed by atoms with Crippen LogP contribution in [0.5, 0.6) is 0 Å². The first kappa shape index (κ1) is 14.4. The molecule has 1 saturated carbocycles. The van der Waals surface area contributed by atoms with Gasteiger partial charge in [0.15, 0.2) is 0 Å². The van der Waals surface area contributed by atoms with E-state index < -0.39 is 0 Å². The van der Waals surface area contributed by atoms with Crippen molar-refractivity contribution in [2.75, 3.05) is 13.6 Å². The molecule has 0 bridgehead atoms. The number of hydrogen-bond acceptors (Lipinski definition) is 1. The number of aliphatic imine (C=N–C) groups is 1. The normalized spacial score (nSPS) is 28.7. The largest absolute Gasteiger partial charge is 0.363 e. The van der Waals surface area contributed by atoms with Crippen LogP contribution in [-0.2, 0) is 0 Å². The van der Waals surface area contributed by atoms with Gasteiger partial charge in [0.25, 0.3) is 0 Å². The van der Waals surface area contributed by atoms with Crippen LogP contribution in [0.2, 0.25) is 0 Å². The fourth-order valence-electron chi connectivity index (χ4n) is 3.33. The third-order valence-corrected chi connectivity index (χ3v) is 4.36. The highest BCUT2D eigenvalue weighted by Crippen LogP contribution is 2.37. The molecular formula is C16H23ClN2. The maximum absolute atomic E-state index is 5.06. The van der Waals surface area contributed by atoms with Crippen molar-refractivity contribution >= 4 is 18.2 Å². The molecule has 2 fully saturated rings. The third-order valence-electron chi connectivity index (χ3n) is 4.36. The SMILES string of the molecule is CN1CCCC1=N[C@H]1CCC[C@H]1c1ccccc1.Cl. The van der Waals surface area contributed by atoms with Gasteiger partial charge in [-0.15, -0.1) is 12.4 Å². The monoisotopic (exact) mass is 278 g/mol. The maximum atomic E-state index is 5.06. The summed E-state index contributed by atoms with van der Waals surface area (Å²) in [7, 11) is 2.18. The van der Waals surface area contributed by atoms with Gasteiger partial charge in [0.2, 0.25) is 0 Å². The molecule has 1 saturated heterocycles. The Balaban J connectivity index is 0.00000133. The summed E-state index contributed by atoms with van der Waals surface area (Å²) in [6.07, 6.45) is 6.34. The summed E-state index contributed by atoms with van der Waals surface area (Å²) in [5.74, 6) is 1.98. The lowest BCUT2D eigenvalue weighted by Gasteiger charge is -2.19. The summed E-state index contributed by atoms with van der Waals surface area (Å²) in [4.78, 5) is 7.39. The molecule has 19 heavy (non-hydrogen) atoms. The molecule has 2 nitrogen and oxygen atoms in total. The number of amidine groups is 1. The van der Waals surface area contributed by atoms with Crippen molar-refractivity contribution in [2.45, 2.75) is 44.1 Å². The highest BCUT2D eigenvalue weighted by Gasteiger charge is 2.29. The second-order valence-electron chi connectivity index (χ2n) is 5.59. The molecule has 1 aromatic carbocycles. The zero-order valence-corrected chi connectivity index (χ0v) is 12.4. The van der Waals surface area contributed by atoms with Gasteiger partial charge in [-0.05, 0) is 24.8 Å². The lowest BCUT2D eigenvalue weighted by atomic mass is 9.94. The van der Waals surface area contributed by atoms with Crippen LogP contribution in [0.4, 0.5) is 0 Å². The number of hydrogen-bond donors (Lipinski definition) is 0. The Morgan fingerprint density at radius 2 is 1.89 bits per heavy atom. The third kappa shape index (κ3) is 3.11. The minimum absolute atomic E-state index is 0. The molecule has 0 aromatic heterocycles. The minimum atomic E-state index is 0. The summed E-state index contributed by atoms with van der Waals surface area (Å²) < 4.78 is 0. The van der Waals surface area contributed by atoms with E-state index in [4.69, 9.17) is 4.99 Å². The van der Waals surface area contributed by atoms with Crippen LogP contribution >= 0.6 is 12.4 Å². The summed E-state index contributed by atoms with van der Waals surface area (Å²) in [6, 6.07) is 11.5. The predicted octanol–water partition coefficient (Wildman–Crippen LogP) is 3.87. The average Bonchev–Trinajstić information content (AvgIpc) is 3.01. The predicted molar refractivity (Wildman–Crippen MR) is 83.4 cm³/mol. The Bertz CT molecular complexity index is 430. The van der Waals surface area contributed by atoms with Crippen LogP contribution in [0.1, 0.15) is 43.6 Å². The van der Waals surface area contributed by atoms with Crippen molar-refractivity contribution in [3.05, 3.63) is 35.9 Å². The van der Waals surface area contributed by atoms with Crippen molar-refractivity contribution in [3.63, 3.8) is 0 Å². The van der Waals surface area contributed by atoms with Crippen molar-refractivity contribution in [1.29, 1.82) is 0 Å².